The molecule has 0 N–H and O–H groups in total. The van der Waals surface area contributed by atoms with E-state index in [9.17, 15) is 4.79 Å². The predicted molar refractivity (Wildman–Crippen MR) is 66.3 cm³/mol. The SMILES string of the molecule is CC1(C)SCC[C@H]1OC(=O)Oc1ccccn1. The van der Waals surface area contributed by atoms with Gasteiger partial charge >= 0.3 is 6.16 Å². The van der Waals surface area contributed by atoms with E-state index in [1.54, 1.807) is 24.4 Å². The summed E-state index contributed by atoms with van der Waals surface area (Å²) in [7, 11) is 0. The van der Waals surface area contributed by atoms with E-state index in [-0.39, 0.29) is 16.7 Å². The van der Waals surface area contributed by atoms with Crippen molar-refractivity contribution in [2.24, 2.45) is 0 Å². The van der Waals surface area contributed by atoms with Gasteiger partial charge in [0, 0.05) is 17.0 Å². The number of hydrogen-bond donors (Lipinski definition) is 0. The van der Waals surface area contributed by atoms with Crippen molar-refractivity contribution in [2.75, 3.05) is 5.75 Å². The number of carbonyl (C=O) groups excluding carboxylic acids is 1. The summed E-state index contributed by atoms with van der Waals surface area (Å²) < 4.78 is 10.3. The Bertz CT molecular complexity index is 394. The molecular weight excluding hydrogens is 238 g/mol. The Labute approximate surface area is 105 Å². The second-order valence-corrected chi connectivity index (χ2v) is 6.12. The first-order chi connectivity index (χ1) is 8.08. The van der Waals surface area contributed by atoms with Gasteiger partial charge in [0.15, 0.2) is 0 Å². The second-order valence-electron chi connectivity index (χ2n) is 4.37. The van der Waals surface area contributed by atoms with Crippen molar-refractivity contribution in [1.29, 1.82) is 0 Å². The number of carbonyl (C=O) groups is 1. The highest BCUT2D eigenvalue weighted by atomic mass is 32.2. The Balaban J connectivity index is 1.90. The Hall–Kier alpha value is -1.23. The number of thioether (sulfide) groups is 1. The van der Waals surface area contributed by atoms with Crippen molar-refractivity contribution in [2.45, 2.75) is 31.1 Å². The van der Waals surface area contributed by atoms with Crippen LogP contribution >= 0.6 is 11.8 Å². The minimum atomic E-state index is -0.677. The molecular formula is C12H15NO3S. The van der Waals surface area contributed by atoms with Crippen LogP contribution in [0.4, 0.5) is 4.79 Å². The Kier molecular flexibility index (Phi) is 3.57. The first-order valence-electron chi connectivity index (χ1n) is 5.51. The predicted octanol–water partition coefficient (Wildman–Crippen LogP) is 2.88. The molecule has 1 aliphatic heterocycles. The molecule has 1 atom stereocenters. The lowest BCUT2D eigenvalue weighted by atomic mass is 10.1. The fraction of sp³-hybridized carbons (Fsp3) is 0.500. The van der Waals surface area contributed by atoms with E-state index in [1.165, 1.54) is 0 Å². The van der Waals surface area contributed by atoms with Crippen LogP contribution in [0.5, 0.6) is 5.88 Å². The van der Waals surface area contributed by atoms with E-state index in [2.05, 4.69) is 18.8 Å². The lowest BCUT2D eigenvalue weighted by molar-refractivity contribution is 0.0467. The fourth-order valence-electron chi connectivity index (χ4n) is 1.70. The van der Waals surface area contributed by atoms with Crippen LogP contribution in [0.2, 0.25) is 0 Å². The molecule has 1 aromatic heterocycles. The molecule has 4 nitrogen and oxygen atoms in total. The highest BCUT2D eigenvalue weighted by Crippen LogP contribution is 2.39. The van der Waals surface area contributed by atoms with E-state index in [0.29, 0.717) is 0 Å². The van der Waals surface area contributed by atoms with Crippen molar-refractivity contribution in [3.8, 4) is 5.88 Å². The van der Waals surface area contributed by atoms with Crippen LogP contribution in [0.1, 0.15) is 20.3 Å². The zero-order chi connectivity index (χ0) is 12.3. The van der Waals surface area contributed by atoms with Crippen LogP contribution in [0.25, 0.3) is 0 Å². The summed E-state index contributed by atoms with van der Waals surface area (Å²) >= 11 is 1.81. The third kappa shape index (κ3) is 3.12. The number of rotatable bonds is 2. The number of pyridine rings is 1. The fourth-order valence-corrected chi connectivity index (χ4v) is 2.91. The Morgan fingerprint density at radius 1 is 1.53 bits per heavy atom. The van der Waals surface area contributed by atoms with Crippen LogP contribution < -0.4 is 4.74 Å². The summed E-state index contributed by atoms with van der Waals surface area (Å²) in [5.41, 5.74) is 0. The number of ether oxygens (including phenoxy) is 2. The third-order valence-corrected chi connectivity index (χ3v) is 4.14. The molecule has 1 fully saturated rings. The van der Waals surface area contributed by atoms with Crippen molar-refractivity contribution in [3.63, 3.8) is 0 Å². The zero-order valence-electron chi connectivity index (χ0n) is 9.88. The molecule has 2 heterocycles. The topological polar surface area (TPSA) is 48.4 Å². The normalized spacial score (nSPS) is 22.1. The van der Waals surface area contributed by atoms with Gasteiger partial charge < -0.3 is 9.47 Å². The molecule has 0 radical (unpaired) electrons. The molecule has 0 spiro atoms. The van der Waals surface area contributed by atoms with Gasteiger partial charge in [-0.15, -0.1) is 0 Å². The summed E-state index contributed by atoms with van der Waals surface area (Å²) in [5.74, 6) is 1.27. The summed E-state index contributed by atoms with van der Waals surface area (Å²) in [6, 6.07) is 5.13. The molecule has 1 saturated heterocycles. The van der Waals surface area contributed by atoms with Gasteiger partial charge in [-0.05, 0) is 32.1 Å². The molecule has 0 saturated carbocycles. The smallest absolute Gasteiger partial charge is 0.429 e. The number of hydrogen-bond acceptors (Lipinski definition) is 5. The molecule has 17 heavy (non-hydrogen) atoms. The van der Waals surface area contributed by atoms with Gasteiger partial charge in [0.25, 0.3) is 0 Å². The highest BCUT2D eigenvalue weighted by molar-refractivity contribution is 8.00. The van der Waals surface area contributed by atoms with Crippen LogP contribution in [0, 0.1) is 0 Å². The van der Waals surface area contributed by atoms with Gasteiger partial charge in [-0.2, -0.15) is 11.8 Å². The largest absolute Gasteiger partial charge is 0.515 e. The average Bonchev–Trinajstić information content (AvgIpc) is 2.59. The summed E-state index contributed by atoms with van der Waals surface area (Å²) in [6.07, 6.45) is 1.67. The number of nitrogens with zero attached hydrogens (tertiary/aromatic N) is 1. The van der Waals surface area contributed by atoms with E-state index >= 15 is 0 Å². The van der Waals surface area contributed by atoms with Crippen LogP contribution in [0.3, 0.4) is 0 Å². The number of aromatic nitrogens is 1. The van der Waals surface area contributed by atoms with E-state index in [0.717, 1.165) is 12.2 Å². The van der Waals surface area contributed by atoms with Gasteiger partial charge in [0.05, 0.1) is 0 Å². The Morgan fingerprint density at radius 3 is 2.94 bits per heavy atom. The van der Waals surface area contributed by atoms with Gasteiger partial charge in [0.2, 0.25) is 5.88 Å². The zero-order valence-corrected chi connectivity index (χ0v) is 10.7. The Morgan fingerprint density at radius 2 is 2.35 bits per heavy atom. The summed E-state index contributed by atoms with van der Waals surface area (Å²) in [4.78, 5) is 15.5. The van der Waals surface area contributed by atoms with Crippen molar-refractivity contribution in [1.82, 2.24) is 4.98 Å². The van der Waals surface area contributed by atoms with Gasteiger partial charge in [-0.3, -0.25) is 0 Å². The van der Waals surface area contributed by atoms with E-state index < -0.39 is 6.16 Å². The average molecular weight is 253 g/mol. The summed E-state index contributed by atoms with van der Waals surface area (Å²) in [5, 5.41) is 0. The van der Waals surface area contributed by atoms with E-state index in [4.69, 9.17) is 9.47 Å². The van der Waals surface area contributed by atoms with Crippen LogP contribution in [-0.2, 0) is 4.74 Å². The molecule has 0 unspecified atom stereocenters. The molecule has 0 aromatic carbocycles. The second kappa shape index (κ2) is 4.96. The highest BCUT2D eigenvalue weighted by Gasteiger charge is 2.38. The maximum atomic E-state index is 11.6. The van der Waals surface area contributed by atoms with Crippen molar-refractivity contribution in [3.05, 3.63) is 24.4 Å². The van der Waals surface area contributed by atoms with Crippen molar-refractivity contribution >= 4 is 17.9 Å². The molecule has 0 amide bonds. The monoisotopic (exact) mass is 253 g/mol. The molecule has 1 aliphatic rings. The van der Waals surface area contributed by atoms with Gasteiger partial charge in [0.1, 0.15) is 6.10 Å². The van der Waals surface area contributed by atoms with Crippen molar-refractivity contribution < 1.29 is 14.3 Å². The quantitative estimate of drug-likeness (QED) is 0.758. The molecule has 0 bridgehead atoms. The molecule has 5 heteroatoms. The third-order valence-electron chi connectivity index (χ3n) is 2.69. The van der Waals surface area contributed by atoms with Crippen LogP contribution in [-0.4, -0.2) is 27.7 Å². The minimum Gasteiger partial charge on any atom is -0.429 e. The minimum absolute atomic E-state index is 0.0386. The van der Waals surface area contributed by atoms with Gasteiger partial charge in [-0.25, -0.2) is 9.78 Å². The van der Waals surface area contributed by atoms with Gasteiger partial charge in [-0.1, -0.05) is 6.07 Å². The maximum Gasteiger partial charge on any atom is 0.515 e. The lowest BCUT2D eigenvalue weighted by Gasteiger charge is -2.24. The molecule has 92 valence electrons. The first-order valence-corrected chi connectivity index (χ1v) is 6.50. The standard InChI is InChI=1S/C12H15NO3S/c1-12(2)9(6-8-17-12)15-11(14)16-10-5-3-4-7-13-10/h3-5,7,9H,6,8H2,1-2H3/t9-/m1/s1. The molecule has 2 rings (SSSR count). The van der Waals surface area contributed by atoms with E-state index in [1.807, 2.05) is 11.8 Å². The maximum absolute atomic E-state index is 11.6. The van der Waals surface area contributed by atoms with Crippen LogP contribution in [0.15, 0.2) is 24.4 Å². The molecule has 1 aromatic rings. The molecule has 0 aliphatic carbocycles. The first kappa shape index (κ1) is 12.2. The summed E-state index contributed by atoms with van der Waals surface area (Å²) in [6.45, 7) is 4.15. The lowest BCUT2D eigenvalue weighted by Crippen LogP contribution is -2.33.